The largest absolute Gasteiger partial charge is 0.326 e. The van der Waals surface area contributed by atoms with Crippen LogP contribution in [0.4, 0.5) is 5.69 Å². The number of rotatable bonds is 5. The number of thiophene rings is 1. The van der Waals surface area contributed by atoms with Gasteiger partial charge in [-0.2, -0.15) is 0 Å². The second-order valence-corrected chi connectivity index (χ2v) is 6.35. The van der Waals surface area contributed by atoms with Crippen molar-refractivity contribution < 1.29 is 4.79 Å². The average Bonchev–Trinajstić information content (AvgIpc) is 2.91. The maximum Gasteiger partial charge on any atom is 0.224 e. The number of carbonyl (C=O) groups is 1. The van der Waals surface area contributed by atoms with Crippen LogP contribution in [-0.4, -0.2) is 5.91 Å². The number of para-hydroxylation sites is 1. The summed E-state index contributed by atoms with van der Waals surface area (Å²) in [4.78, 5) is 13.4. The molecule has 0 aliphatic carbocycles. The van der Waals surface area contributed by atoms with Gasteiger partial charge in [0.05, 0.1) is 0 Å². The third kappa shape index (κ3) is 3.70. The molecule has 1 N–H and O–H groups in total. The third-order valence-electron chi connectivity index (χ3n) is 3.37. The van der Waals surface area contributed by atoms with Crippen molar-refractivity contribution in [3.05, 3.63) is 51.7 Å². The molecule has 0 bridgehead atoms. The summed E-state index contributed by atoms with van der Waals surface area (Å²) in [5.74, 6) is 0.497. The van der Waals surface area contributed by atoms with Crippen LogP contribution in [-0.2, 0) is 11.2 Å². The molecule has 3 heteroatoms. The van der Waals surface area contributed by atoms with Gasteiger partial charge in [-0.3, -0.25) is 4.79 Å². The van der Waals surface area contributed by atoms with Gasteiger partial charge in [-0.15, -0.1) is 11.3 Å². The van der Waals surface area contributed by atoms with Crippen molar-refractivity contribution in [3.63, 3.8) is 0 Å². The first-order chi connectivity index (χ1) is 9.58. The molecule has 1 aromatic heterocycles. The van der Waals surface area contributed by atoms with Gasteiger partial charge >= 0.3 is 0 Å². The Morgan fingerprint density at radius 2 is 2.05 bits per heavy atom. The maximum atomic E-state index is 12.1. The molecular formula is C17H21NOS. The Morgan fingerprint density at radius 3 is 2.70 bits per heavy atom. The summed E-state index contributed by atoms with van der Waals surface area (Å²) in [6, 6.07) is 10.3. The predicted octanol–water partition coefficient (Wildman–Crippen LogP) is 4.75. The molecule has 106 valence electrons. The van der Waals surface area contributed by atoms with Crippen LogP contribution in [0.3, 0.4) is 0 Å². The fourth-order valence-corrected chi connectivity index (χ4v) is 2.94. The lowest BCUT2D eigenvalue weighted by atomic mass is 9.98. The molecule has 2 rings (SSSR count). The van der Waals surface area contributed by atoms with E-state index < -0.39 is 0 Å². The van der Waals surface area contributed by atoms with Crippen LogP contribution < -0.4 is 5.32 Å². The van der Waals surface area contributed by atoms with E-state index >= 15 is 0 Å². The monoisotopic (exact) mass is 287 g/mol. The Morgan fingerprint density at radius 1 is 1.25 bits per heavy atom. The zero-order valence-electron chi connectivity index (χ0n) is 12.3. The number of carbonyl (C=O) groups excluding carboxylic acids is 1. The first-order valence-electron chi connectivity index (χ1n) is 6.99. The van der Waals surface area contributed by atoms with E-state index in [1.807, 2.05) is 30.5 Å². The van der Waals surface area contributed by atoms with Gasteiger partial charge in [-0.25, -0.2) is 0 Å². The summed E-state index contributed by atoms with van der Waals surface area (Å²) < 4.78 is 0. The first kappa shape index (κ1) is 14.8. The average molecular weight is 287 g/mol. The van der Waals surface area contributed by atoms with Crippen LogP contribution in [0.25, 0.3) is 0 Å². The number of hydrogen-bond donors (Lipinski definition) is 1. The van der Waals surface area contributed by atoms with E-state index in [1.54, 1.807) is 11.3 Å². The number of hydrogen-bond acceptors (Lipinski definition) is 2. The van der Waals surface area contributed by atoms with Crippen molar-refractivity contribution in [2.75, 3.05) is 5.32 Å². The van der Waals surface area contributed by atoms with E-state index in [-0.39, 0.29) is 5.91 Å². The molecule has 0 atom stereocenters. The number of anilines is 1. The normalized spacial score (nSPS) is 10.8. The molecule has 0 aliphatic rings. The maximum absolute atomic E-state index is 12.1. The van der Waals surface area contributed by atoms with Crippen LogP contribution in [0.15, 0.2) is 35.7 Å². The van der Waals surface area contributed by atoms with Crippen LogP contribution in [0.5, 0.6) is 0 Å². The highest BCUT2D eigenvalue weighted by Crippen LogP contribution is 2.27. The molecule has 1 amide bonds. The molecule has 0 aliphatic heterocycles. The zero-order chi connectivity index (χ0) is 14.5. The topological polar surface area (TPSA) is 29.1 Å². The van der Waals surface area contributed by atoms with Crippen molar-refractivity contribution in [1.29, 1.82) is 0 Å². The summed E-state index contributed by atoms with van der Waals surface area (Å²) in [5.41, 5.74) is 3.31. The smallest absolute Gasteiger partial charge is 0.224 e. The lowest BCUT2D eigenvalue weighted by Gasteiger charge is -2.16. The Labute approximate surface area is 124 Å². The highest BCUT2D eigenvalue weighted by molar-refractivity contribution is 7.09. The van der Waals surface area contributed by atoms with Gasteiger partial charge in [-0.1, -0.05) is 38.1 Å². The molecule has 0 saturated carbocycles. The van der Waals surface area contributed by atoms with Gasteiger partial charge in [0.25, 0.3) is 0 Å². The Hall–Kier alpha value is -1.61. The lowest BCUT2D eigenvalue weighted by molar-refractivity contribution is -0.116. The second kappa shape index (κ2) is 6.71. The molecular weight excluding hydrogens is 266 g/mol. The standard InChI is InChI=1S/C17H21NOS/c1-12(2)15-8-4-6-13(3)17(15)18-16(19)10-9-14-7-5-11-20-14/h4-8,11-12H,9-10H2,1-3H3,(H,18,19). The molecule has 0 radical (unpaired) electrons. The minimum atomic E-state index is 0.0922. The number of amides is 1. The summed E-state index contributed by atoms with van der Waals surface area (Å²) in [5, 5.41) is 5.14. The first-order valence-corrected chi connectivity index (χ1v) is 7.87. The van der Waals surface area contributed by atoms with Gasteiger partial charge < -0.3 is 5.32 Å². The van der Waals surface area contributed by atoms with E-state index in [2.05, 4.69) is 31.3 Å². The summed E-state index contributed by atoms with van der Waals surface area (Å²) >= 11 is 1.70. The quantitative estimate of drug-likeness (QED) is 0.844. The third-order valence-corrected chi connectivity index (χ3v) is 4.31. The molecule has 0 unspecified atom stereocenters. The Kier molecular flexibility index (Phi) is 4.96. The zero-order valence-corrected chi connectivity index (χ0v) is 13.1. The predicted molar refractivity (Wildman–Crippen MR) is 86.5 cm³/mol. The number of benzene rings is 1. The van der Waals surface area contributed by atoms with Crippen molar-refractivity contribution in [1.82, 2.24) is 0 Å². The van der Waals surface area contributed by atoms with Crippen LogP contribution >= 0.6 is 11.3 Å². The highest BCUT2D eigenvalue weighted by Gasteiger charge is 2.12. The molecule has 20 heavy (non-hydrogen) atoms. The van der Waals surface area contributed by atoms with Crippen molar-refractivity contribution in [2.45, 2.75) is 39.5 Å². The van der Waals surface area contributed by atoms with Crippen LogP contribution in [0.2, 0.25) is 0 Å². The fraction of sp³-hybridized carbons (Fsp3) is 0.353. The van der Waals surface area contributed by atoms with E-state index in [9.17, 15) is 4.79 Å². The van der Waals surface area contributed by atoms with Crippen molar-refractivity contribution in [2.24, 2.45) is 0 Å². The summed E-state index contributed by atoms with van der Waals surface area (Å²) in [7, 11) is 0. The van der Waals surface area contributed by atoms with Gasteiger partial charge in [0.1, 0.15) is 0 Å². The summed E-state index contributed by atoms with van der Waals surface area (Å²) in [6.07, 6.45) is 1.35. The van der Waals surface area contributed by atoms with E-state index in [1.165, 1.54) is 10.4 Å². The number of nitrogens with one attached hydrogen (secondary N) is 1. The van der Waals surface area contributed by atoms with Gasteiger partial charge in [-0.05, 0) is 41.8 Å². The summed E-state index contributed by atoms with van der Waals surface area (Å²) in [6.45, 7) is 6.34. The molecule has 0 saturated heterocycles. The molecule has 2 nitrogen and oxygen atoms in total. The fourth-order valence-electron chi connectivity index (χ4n) is 2.24. The molecule has 1 heterocycles. The van der Waals surface area contributed by atoms with Crippen LogP contribution in [0.1, 0.15) is 42.2 Å². The highest BCUT2D eigenvalue weighted by atomic mass is 32.1. The van der Waals surface area contributed by atoms with Gasteiger partial charge in [0.15, 0.2) is 0 Å². The lowest BCUT2D eigenvalue weighted by Crippen LogP contribution is -2.15. The SMILES string of the molecule is Cc1cccc(C(C)C)c1NC(=O)CCc1cccs1. The molecule has 0 fully saturated rings. The van der Waals surface area contributed by atoms with Gasteiger partial charge in [0.2, 0.25) is 5.91 Å². The van der Waals surface area contributed by atoms with Crippen molar-refractivity contribution >= 4 is 22.9 Å². The number of aryl methyl sites for hydroxylation is 2. The minimum absolute atomic E-state index is 0.0922. The van der Waals surface area contributed by atoms with Crippen LogP contribution in [0, 0.1) is 6.92 Å². The van der Waals surface area contributed by atoms with E-state index in [0.29, 0.717) is 12.3 Å². The molecule has 1 aromatic carbocycles. The van der Waals surface area contributed by atoms with E-state index in [4.69, 9.17) is 0 Å². The molecule has 0 spiro atoms. The second-order valence-electron chi connectivity index (χ2n) is 5.32. The minimum Gasteiger partial charge on any atom is -0.326 e. The Bertz CT molecular complexity index is 573. The van der Waals surface area contributed by atoms with Crippen molar-refractivity contribution in [3.8, 4) is 0 Å². The van der Waals surface area contributed by atoms with Gasteiger partial charge in [0, 0.05) is 17.0 Å². The van der Waals surface area contributed by atoms with E-state index in [0.717, 1.165) is 17.7 Å². The molecule has 2 aromatic rings. The Balaban J connectivity index is 2.04.